The zero-order chi connectivity index (χ0) is 24.3. The predicted molar refractivity (Wildman–Crippen MR) is 113 cm³/mol. The molecule has 3 rings (SSSR count). The van der Waals surface area contributed by atoms with Gasteiger partial charge in [0.2, 0.25) is 5.91 Å². The fourth-order valence-corrected chi connectivity index (χ4v) is 4.33. The summed E-state index contributed by atoms with van der Waals surface area (Å²) >= 11 is 0. The number of nitrogens with two attached hydrogens (primary N) is 1. The number of hydrogen-bond donors (Lipinski definition) is 3. The van der Waals surface area contributed by atoms with Crippen molar-refractivity contribution >= 4 is 23.3 Å². The molecule has 0 saturated heterocycles. The van der Waals surface area contributed by atoms with Gasteiger partial charge in [0.15, 0.2) is 0 Å². The highest BCUT2D eigenvalue weighted by Crippen LogP contribution is 2.43. The summed E-state index contributed by atoms with van der Waals surface area (Å²) in [4.78, 5) is 25.3. The Morgan fingerprint density at radius 3 is 2.36 bits per heavy atom. The molecule has 0 heterocycles. The number of benzene rings is 2. The van der Waals surface area contributed by atoms with Gasteiger partial charge in [0.25, 0.3) is 0 Å². The standard InChI is InChI=1S/C23H24F4N2O4/c1-2-33-15-10-16(12-3-6-14(28)7-4-12)20(22(31)32)17(11-15)21(30)29-19-8-5-13(9-18(19)24)23(25,26)27/h3-9,15-17,20H,2,10-11,28H2,1H3,(H,29,30)(H,31,32)/t15-,16-,17-,20-/m1/s1. The monoisotopic (exact) mass is 468 g/mol. The molecule has 0 bridgehead atoms. The molecule has 4 N–H and O–H groups in total. The van der Waals surface area contributed by atoms with E-state index < -0.39 is 59.0 Å². The van der Waals surface area contributed by atoms with Crippen molar-refractivity contribution in [1.29, 1.82) is 0 Å². The zero-order valence-corrected chi connectivity index (χ0v) is 17.7. The van der Waals surface area contributed by atoms with Crippen LogP contribution in [0.5, 0.6) is 0 Å². The van der Waals surface area contributed by atoms with E-state index in [1.54, 1.807) is 31.2 Å². The molecule has 1 amide bonds. The Morgan fingerprint density at radius 2 is 1.82 bits per heavy atom. The third-order valence-electron chi connectivity index (χ3n) is 5.84. The van der Waals surface area contributed by atoms with Gasteiger partial charge in [-0.15, -0.1) is 0 Å². The second-order valence-corrected chi connectivity index (χ2v) is 7.97. The first kappa shape index (κ1) is 24.5. The number of carboxylic acid groups (broad SMARTS) is 1. The molecule has 33 heavy (non-hydrogen) atoms. The summed E-state index contributed by atoms with van der Waals surface area (Å²) in [6.07, 6.45) is -4.74. The predicted octanol–water partition coefficient (Wildman–Crippen LogP) is 4.66. The topological polar surface area (TPSA) is 102 Å². The van der Waals surface area contributed by atoms with Crippen molar-refractivity contribution in [3.8, 4) is 0 Å². The van der Waals surface area contributed by atoms with Crippen molar-refractivity contribution < 1.29 is 37.0 Å². The van der Waals surface area contributed by atoms with E-state index in [9.17, 15) is 32.3 Å². The highest BCUT2D eigenvalue weighted by molar-refractivity contribution is 5.95. The Hall–Kier alpha value is -3.14. The van der Waals surface area contributed by atoms with Crippen molar-refractivity contribution in [2.24, 2.45) is 11.8 Å². The van der Waals surface area contributed by atoms with Gasteiger partial charge >= 0.3 is 12.1 Å². The largest absolute Gasteiger partial charge is 0.481 e. The van der Waals surface area contributed by atoms with Crippen LogP contribution < -0.4 is 11.1 Å². The fraction of sp³-hybridized carbons (Fsp3) is 0.391. The summed E-state index contributed by atoms with van der Waals surface area (Å²) in [7, 11) is 0. The smallest absolute Gasteiger partial charge is 0.416 e. The minimum Gasteiger partial charge on any atom is -0.481 e. The van der Waals surface area contributed by atoms with Gasteiger partial charge in [-0.3, -0.25) is 9.59 Å². The van der Waals surface area contributed by atoms with Crippen LogP contribution in [0, 0.1) is 17.7 Å². The van der Waals surface area contributed by atoms with Crippen LogP contribution in [0.4, 0.5) is 28.9 Å². The van der Waals surface area contributed by atoms with Gasteiger partial charge < -0.3 is 20.9 Å². The summed E-state index contributed by atoms with van der Waals surface area (Å²) in [5.41, 5.74) is 5.24. The molecule has 0 radical (unpaired) electrons. The lowest BCUT2D eigenvalue weighted by atomic mass is 9.67. The van der Waals surface area contributed by atoms with Gasteiger partial charge in [-0.05, 0) is 55.7 Å². The lowest BCUT2D eigenvalue weighted by Crippen LogP contribution is -2.44. The first-order valence-electron chi connectivity index (χ1n) is 10.4. The van der Waals surface area contributed by atoms with Gasteiger partial charge in [-0.1, -0.05) is 12.1 Å². The molecular weight excluding hydrogens is 444 g/mol. The zero-order valence-electron chi connectivity index (χ0n) is 17.7. The third kappa shape index (κ3) is 5.62. The molecule has 1 aliphatic rings. The average Bonchev–Trinajstić information content (AvgIpc) is 2.74. The van der Waals surface area contributed by atoms with Crippen molar-refractivity contribution in [1.82, 2.24) is 0 Å². The number of nitrogen functional groups attached to an aromatic ring is 1. The summed E-state index contributed by atoms with van der Waals surface area (Å²) in [5, 5.41) is 12.2. The Labute approximate surface area is 187 Å². The van der Waals surface area contributed by atoms with Gasteiger partial charge in [0, 0.05) is 18.2 Å². The Balaban J connectivity index is 1.91. The molecule has 4 atom stereocenters. The number of ether oxygens (including phenoxy) is 1. The molecule has 0 unspecified atom stereocenters. The maximum atomic E-state index is 14.3. The molecule has 6 nitrogen and oxygen atoms in total. The molecule has 1 saturated carbocycles. The number of nitrogens with one attached hydrogen (secondary N) is 1. The number of aliphatic carboxylic acids is 1. The Bertz CT molecular complexity index is 1010. The summed E-state index contributed by atoms with van der Waals surface area (Å²) in [5.74, 6) is -6.11. The van der Waals surface area contributed by atoms with Gasteiger partial charge in [0.1, 0.15) is 5.82 Å². The van der Waals surface area contributed by atoms with Crippen molar-refractivity contribution in [2.75, 3.05) is 17.7 Å². The molecule has 10 heteroatoms. The van der Waals surface area contributed by atoms with E-state index in [0.29, 0.717) is 30.3 Å². The van der Waals surface area contributed by atoms with Gasteiger partial charge in [0.05, 0.1) is 29.2 Å². The Morgan fingerprint density at radius 1 is 1.15 bits per heavy atom. The quantitative estimate of drug-likeness (QED) is 0.423. The number of carbonyl (C=O) groups is 2. The number of halogens is 4. The number of carbonyl (C=O) groups excluding carboxylic acids is 1. The van der Waals surface area contributed by atoms with E-state index in [1.807, 2.05) is 0 Å². The second kappa shape index (κ2) is 9.78. The minimum absolute atomic E-state index is 0.0738. The van der Waals surface area contributed by atoms with E-state index in [2.05, 4.69) is 5.32 Å². The second-order valence-electron chi connectivity index (χ2n) is 7.97. The van der Waals surface area contributed by atoms with Gasteiger partial charge in [-0.2, -0.15) is 13.2 Å². The molecule has 178 valence electrons. The summed E-state index contributed by atoms with van der Waals surface area (Å²) in [6, 6.07) is 8.38. The van der Waals surface area contributed by atoms with Crippen LogP contribution in [0.2, 0.25) is 0 Å². The van der Waals surface area contributed by atoms with Crippen molar-refractivity contribution in [3.63, 3.8) is 0 Å². The van der Waals surface area contributed by atoms with Crippen molar-refractivity contribution in [2.45, 2.75) is 38.0 Å². The number of alkyl halides is 3. The van der Waals surface area contributed by atoms with Crippen LogP contribution in [0.1, 0.15) is 36.8 Å². The molecule has 0 aliphatic heterocycles. The van der Waals surface area contributed by atoms with Gasteiger partial charge in [-0.25, -0.2) is 4.39 Å². The van der Waals surface area contributed by atoms with E-state index in [1.165, 1.54) is 0 Å². The normalized spacial score (nSPS) is 23.2. The number of rotatable bonds is 6. The first-order chi connectivity index (χ1) is 15.5. The molecule has 0 aromatic heterocycles. The average molecular weight is 468 g/mol. The molecule has 2 aromatic rings. The molecule has 1 aliphatic carbocycles. The maximum absolute atomic E-state index is 14.3. The van der Waals surface area contributed by atoms with Crippen LogP contribution in [0.15, 0.2) is 42.5 Å². The highest BCUT2D eigenvalue weighted by atomic mass is 19.4. The number of carboxylic acids is 1. The number of anilines is 2. The summed E-state index contributed by atoms with van der Waals surface area (Å²) in [6.45, 7) is 2.12. The summed E-state index contributed by atoms with van der Waals surface area (Å²) < 4.78 is 58.4. The third-order valence-corrected chi connectivity index (χ3v) is 5.84. The minimum atomic E-state index is -4.74. The molecule has 1 fully saturated rings. The highest BCUT2D eigenvalue weighted by Gasteiger charge is 2.46. The molecular formula is C23H24F4N2O4. The lowest BCUT2D eigenvalue weighted by molar-refractivity contribution is -0.151. The van der Waals surface area contributed by atoms with E-state index in [4.69, 9.17) is 10.5 Å². The van der Waals surface area contributed by atoms with Crippen LogP contribution in [0.25, 0.3) is 0 Å². The SMILES string of the molecule is CCO[C@@H]1C[C@H](c2ccc(N)cc2)[C@@H](C(=O)O)[C@H](C(=O)Nc2ccc(C(F)(F)F)cc2F)C1. The Kier molecular flexibility index (Phi) is 7.26. The van der Waals surface area contributed by atoms with E-state index >= 15 is 0 Å². The van der Waals surface area contributed by atoms with E-state index in [0.717, 1.165) is 6.07 Å². The molecule has 2 aromatic carbocycles. The first-order valence-corrected chi connectivity index (χ1v) is 10.4. The van der Waals surface area contributed by atoms with E-state index in [-0.39, 0.29) is 12.5 Å². The van der Waals surface area contributed by atoms with Crippen LogP contribution >= 0.6 is 0 Å². The molecule has 0 spiro atoms. The number of amides is 1. The number of hydrogen-bond acceptors (Lipinski definition) is 4. The fourth-order valence-electron chi connectivity index (χ4n) is 4.33. The lowest BCUT2D eigenvalue weighted by Gasteiger charge is -2.39. The van der Waals surface area contributed by atoms with Crippen LogP contribution in [-0.4, -0.2) is 29.7 Å². The van der Waals surface area contributed by atoms with Crippen LogP contribution in [-0.2, 0) is 20.5 Å². The van der Waals surface area contributed by atoms with Crippen molar-refractivity contribution in [3.05, 3.63) is 59.4 Å². The maximum Gasteiger partial charge on any atom is 0.416 e. The van der Waals surface area contributed by atoms with Crippen LogP contribution in [0.3, 0.4) is 0 Å².